The lowest BCUT2D eigenvalue weighted by atomic mass is 10.2. The highest BCUT2D eigenvalue weighted by molar-refractivity contribution is 6.32. The van der Waals surface area contributed by atoms with Crippen LogP contribution in [0.25, 0.3) is 0 Å². The molecule has 0 aliphatic rings. The molecule has 0 amide bonds. The van der Waals surface area contributed by atoms with Crippen molar-refractivity contribution in [3.8, 4) is 17.9 Å². The number of nitrogen functional groups attached to an aromatic ring is 1. The maximum Gasteiger partial charge on any atom is 0.0966 e. The van der Waals surface area contributed by atoms with Crippen molar-refractivity contribution in [1.82, 2.24) is 0 Å². The number of nitrogens with two attached hydrogens (primary N) is 1. The zero-order chi connectivity index (χ0) is 9.68. The van der Waals surface area contributed by atoms with E-state index in [1.165, 1.54) is 0 Å². The quantitative estimate of drug-likeness (QED) is 0.504. The SMILES string of the molecule is N#CCC#Cc1c(N)cccc1Cl. The van der Waals surface area contributed by atoms with Gasteiger partial charge in [0.15, 0.2) is 0 Å². The van der Waals surface area contributed by atoms with Crippen LogP contribution in [-0.4, -0.2) is 0 Å². The highest BCUT2D eigenvalue weighted by atomic mass is 35.5. The normalized spacial score (nSPS) is 8.31. The van der Waals surface area contributed by atoms with Crippen LogP contribution >= 0.6 is 11.6 Å². The van der Waals surface area contributed by atoms with Gasteiger partial charge in [-0.3, -0.25) is 0 Å². The van der Waals surface area contributed by atoms with Crippen LogP contribution in [0.5, 0.6) is 0 Å². The summed E-state index contributed by atoms with van der Waals surface area (Å²) in [6, 6.07) is 7.12. The summed E-state index contributed by atoms with van der Waals surface area (Å²) in [5, 5.41) is 8.79. The molecule has 0 unspecified atom stereocenters. The number of nitriles is 1. The molecule has 0 aromatic heterocycles. The lowest BCUT2D eigenvalue weighted by molar-refractivity contribution is 1.39. The molecule has 0 radical (unpaired) electrons. The van der Waals surface area contributed by atoms with Gasteiger partial charge >= 0.3 is 0 Å². The summed E-state index contributed by atoms with van der Waals surface area (Å²) in [7, 11) is 0. The molecule has 1 rings (SSSR count). The van der Waals surface area contributed by atoms with Gasteiger partial charge in [0.25, 0.3) is 0 Å². The van der Waals surface area contributed by atoms with Gasteiger partial charge < -0.3 is 5.73 Å². The Labute approximate surface area is 81.9 Å². The van der Waals surface area contributed by atoms with E-state index in [4.69, 9.17) is 22.6 Å². The number of benzene rings is 1. The molecule has 0 bridgehead atoms. The van der Waals surface area contributed by atoms with Crippen molar-refractivity contribution in [2.24, 2.45) is 0 Å². The van der Waals surface area contributed by atoms with E-state index in [-0.39, 0.29) is 6.42 Å². The molecule has 2 nitrogen and oxygen atoms in total. The molecular weight excluding hydrogens is 184 g/mol. The zero-order valence-electron chi connectivity index (χ0n) is 6.84. The molecule has 0 saturated carbocycles. The Hall–Kier alpha value is -1.64. The highest BCUT2D eigenvalue weighted by Gasteiger charge is 1.99. The molecule has 0 spiro atoms. The number of nitrogens with zero attached hydrogens (tertiary/aromatic N) is 1. The Morgan fingerprint density at radius 3 is 2.85 bits per heavy atom. The van der Waals surface area contributed by atoms with E-state index >= 15 is 0 Å². The van der Waals surface area contributed by atoms with E-state index in [0.717, 1.165) is 0 Å². The minimum absolute atomic E-state index is 0.185. The molecule has 0 saturated heterocycles. The van der Waals surface area contributed by atoms with Crippen LogP contribution in [0.15, 0.2) is 18.2 Å². The fourth-order valence-electron chi connectivity index (χ4n) is 0.845. The van der Waals surface area contributed by atoms with Crippen molar-refractivity contribution in [3.63, 3.8) is 0 Å². The fraction of sp³-hybridized carbons (Fsp3) is 0.100. The average molecular weight is 191 g/mol. The van der Waals surface area contributed by atoms with Crippen molar-refractivity contribution in [2.45, 2.75) is 6.42 Å². The van der Waals surface area contributed by atoms with Gasteiger partial charge in [-0.1, -0.05) is 29.5 Å². The summed E-state index contributed by atoms with van der Waals surface area (Å²) in [5.41, 5.74) is 6.77. The van der Waals surface area contributed by atoms with E-state index in [1.807, 2.05) is 6.07 Å². The van der Waals surface area contributed by atoms with Gasteiger partial charge in [-0.15, -0.1) is 0 Å². The van der Waals surface area contributed by atoms with Crippen molar-refractivity contribution >= 4 is 17.3 Å². The summed E-state index contributed by atoms with van der Waals surface area (Å²) in [6.45, 7) is 0. The molecule has 2 N–H and O–H groups in total. The first kappa shape index (κ1) is 9.45. The number of hydrogen-bond donors (Lipinski definition) is 1. The number of rotatable bonds is 0. The smallest absolute Gasteiger partial charge is 0.0966 e. The van der Waals surface area contributed by atoms with Crippen LogP contribution in [0.3, 0.4) is 0 Å². The highest BCUT2D eigenvalue weighted by Crippen LogP contribution is 2.20. The molecule has 0 aliphatic heterocycles. The Kier molecular flexibility index (Phi) is 3.20. The minimum atomic E-state index is 0.185. The first-order valence-electron chi connectivity index (χ1n) is 3.65. The maximum absolute atomic E-state index is 8.27. The fourth-order valence-corrected chi connectivity index (χ4v) is 1.07. The van der Waals surface area contributed by atoms with E-state index < -0.39 is 0 Å². The van der Waals surface area contributed by atoms with E-state index in [9.17, 15) is 0 Å². The molecule has 13 heavy (non-hydrogen) atoms. The van der Waals surface area contributed by atoms with Crippen LogP contribution in [0, 0.1) is 23.2 Å². The largest absolute Gasteiger partial charge is 0.398 e. The molecule has 3 heteroatoms. The standard InChI is InChI=1S/C10H7ClN2/c11-9-5-3-6-10(13)8(9)4-1-2-7-12/h3,5-6H,2,13H2. The molecule has 0 atom stereocenters. The summed E-state index contributed by atoms with van der Waals surface area (Å²) in [5.74, 6) is 5.41. The predicted octanol–water partition coefficient (Wildman–Crippen LogP) is 2.19. The lowest BCUT2D eigenvalue weighted by Crippen LogP contribution is -1.89. The first-order valence-corrected chi connectivity index (χ1v) is 4.03. The van der Waals surface area contributed by atoms with Crippen molar-refractivity contribution in [3.05, 3.63) is 28.8 Å². The van der Waals surface area contributed by atoms with Gasteiger partial charge in [0, 0.05) is 5.69 Å². The molecule has 1 aromatic rings. The van der Waals surface area contributed by atoms with Crippen LogP contribution in [0.1, 0.15) is 12.0 Å². The van der Waals surface area contributed by atoms with Gasteiger partial charge in [0.2, 0.25) is 0 Å². The average Bonchev–Trinajstić information content (AvgIpc) is 2.10. The van der Waals surface area contributed by atoms with Crippen LogP contribution in [0.2, 0.25) is 5.02 Å². The summed E-state index contributed by atoms with van der Waals surface area (Å²) < 4.78 is 0. The second-order valence-electron chi connectivity index (χ2n) is 2.34. The number of anilines is 1. The number of halogens is 1. The molecule has 64 valence electrons. The topological polar surface area (TPSA) is 49.8 Å². The van der Waals surface area contributed by atoms with Crippen molar-refractivity contribution in [2.75, 3.05) is 5.73 Å². The predicted molar refractivity (Wildman–Crippen MR) is 53.0 cm³/mol. The molecule has 0 aliphatic carbocycles. The van der Waals surface area contributed by atoms with Gasteiger partial charge in [0.1, 0.15) is 0 Å². The van der Waals surface area contributed by atoms with E-state index in [0.29, 0.717) is 16.3 Å². The van der Waals surface area contributed by atoms with Gasteiger partial charge in [-0.2, -0.15) is 5.26 Å². The van der Waals surface area contributed by atoms with Gasteiger partial charge in [0.05, 0.1) is 23.1 Å². The lowest BCUT2D eigenvalue weighted by Gasteiger charge is -1.98. The third-order valence-corrected chi connectivity index (χ3v) is 1.74. The van der Waals surface area contributed by atoms with Gasteiger partial charge in [-0.25, -0.2) is 0 Å². The van der Waals surface area contributed by atoms with Crippen LogP contribution in [-0.2, 0) is 0 Å². The maximum atomic E-state index is 8.27. The molecular formula is C10H7ClN2. The monoisotopic (exact) mass is 190 g/mol. The van der Waals surface area contributed by atoms with Crippen LogP contribution in [0.4, 0.5) is 5.69 Å². The van der Waals surface area contributed by atoms with Crippen LogP contribution < -0.4 is 5.73 Å². The van der Waals surface area contributed by atoms with Crippen molar-refractivity contribution in [1.29, 1.82) is 5.26 Å². The minimum Gasteiger partial charge on any atom is -0.398 e. The first-order chi connectivity index (χ1) is 6.25. The Morgan fingerprint density at radius 1 is 1.46 bits per heavy atom. The van der Waals surface area contributed by atoms with Crippen molar-refractivity contribution < 1.29 is 0 Å². The second-order valence-corrected chi connectivity index (χ2v) is 2.75. The summed E-state index contributed by atoms with van der Waals surface area (Å²) >= 11 is 5.84. The van der Waals surface area contributed by atoms with E-state index in [2.05, 4.69) is 11.8 Å². The summed E-state index contributed by atoms with van der Waals surface area (Å²) in [6.07, 6.45) is 0.185. The summed E-state index contributed by atoms with van der Waals surface area (Å²) in [4.78, 5) is 0. The zero-order valence-corrected chi connectivity index (χ0v) is 7.60. The second kappa shape index (κ2) is 4.40. The van der Waals surface area contributed by atoms with E-state index in [1.54, 1.807) is 18.2 Å². The van der Waals surface area contributed by atoms with Gasteiger partial charge in [-0.05, 0) is 12.1 Å². The molecule has 0 heterocycles. The molecule has 1 aromatic carbocycles. The Morgan fingerprint density at radius 2 is 2.23 bits per heavy atom. The number of hydrogen-bond acceptors (Lipinski definition) is 2. The Balaban J connectivity index is 3.03. The molecule has 0 fully saturated rings. The third-order valence-electron chi connectivity index (χ3n) is 1.43. The Bertz CT molecular complexity index is 387. The third kappa shape index (κ3) is 2.40.